The molecule has 0 spiro atoms. The first kappa shape index (κ1) is 13.1. The number of nitrogens with zero attached hydrogens (tertiary/aromatic N) is 2. The van der Waals surface area contributed by atoms with E-state index < -0.39 is 0 Å². The summed E-state index contributed by atoms with van der Waals surface area (Å²) in [4.78, 5) is 8.44. The molecule has 0 aliphatic rings. The van der Waals surface area contributed by atoms with Crippen molar-refractivity contribution in [3.05, 3.63) is 39.5 Å². The Morgan fingerprint density at radius 3 is 2.83 bits per heavy atom. The van der Waals surface area contributed by atoms with Crippen molar-refractivity contribution in [3.63, 3.8) is 0 Å². The van der Waals surface area contributed by atoms with E-state index in [4.69, 9.17) is 11.6 Å². The van der Waals surface area contributed by atoms with Gasteiger partial charge in [-0.1, -0.05) is 17.7 Å². The van der Waals surface area contributed by atoms with E-state index >= 15 is 0 Å². The molecule has 4 nitrogen and oxygen atoms in total. The predicted molar refractivity (Wildman–Crippen MR) is 78.8 cm³/mol. The molecule has 0 atom stereocenters. The largest absolute Gasteiger partial charge is 0.357 e. The van der Waals surface area contributed by atoms with Gasteiger partial charge in [-0.2, -0.15) is 4.98 Å². The molecule has 0 radical (unpaired) electrons. The number of hydrogen-bond acceptors (Lipinski definition) is 4. The summed E-state index contributed by atoms with van der Waals surface area (Å²) in [7, 11) is 1.78. The predicted octanol–water partition coefficient (Wildman–Crippen LogP) is 3.99. The average molecular weight is 328 g/mol. The highest BCUT2D eigenvalue weighted by atomic mass is 79.9. The van der Waals surface area contributed by atoms with E-state index in [1.165, 1.54) is 0 Å². The minimum absolute atomic E-state index is 0.556. The van der Waals surface area contributed by atoms with E-state index in [1.54, 1.807) is 13.2 Å². The second kappa shape index (κ2) is 5.54. The summed E-state index contributed by atoms with van der Waals surface area (Å²) >= 11 is 9.49. The Balaban J connectivity index is 2.36. The van der Waals surface area contributed by atoms with Crippen LogP contribution in [0.15, 0.2) is 28.9 Å². The Labute approximate surface area is 119 Å². The molecule has 0 aliphatic carbocycles. The smallest absolute Gasteiger partial charge is 0.224 e. The van der Waals surface area contributed by atoms with E-state index in [0.717, 1.165) is 20.7 Å². The van der Waals surface area contributed by atoms with Gasteiger partial charge in [0, 0.05) is 24.0 Å². The van der Waals surface area contributed by atoms with E-state index in [-0.39, 0.29) is 0 Å². The third-order valence-electron chi connectivity index (χ3n) is 2.49. The average Bonchev–Trinajstić information content (AvgIpc) is 2.37. The van der Waals surface area contributed by atoms with Crippen molar-refractivity contribution >= 4 is 45.0 Å². The molecular formula is C12H12BrClN4. The molecule has 0 aliphatic heterocycles. The number of rotatable bonds is 3. The molecule has 18 heavy (non-hydrogen) atoms. The topological polar surface area (TPSA) is 49.8 Å². The van der Waals surface area contributed by atoms with E-state index in [1.807, 2.05) is 25.1 Å². The van der Waals surface area contributed by atoms with Crippen LogP contribution in [0.4, 0.5) is 17.5 Å². The normalized spacial score (nSPS) is 10.2. The quantitative estimate of drug-likeness (QED) is 0.895. The van der Waals surface area contributed by atoms with Gasteiger partial charge < -0.3 is 10.6 Å². The fourth-order valence-corrected chi connectivity index (χ4v) is 1.91. The fraction of sp³-hybridized carbons (Fsp3) is 0.167. The maximum absolute atomic E-state index is 6.08. The molecule has 94 valence electrons. The maximum Gasteiger partial charge on any atom is 0.224 e. The molecule has 0 saturated carbocycles. The zero-order chi connectivity index (χ0) is 13.1. The number of aromatic nitrogens is 2. The lowest BCUT2D eigenvalue weighted by Gasteiger charge is -2.11. The Bertz CT molecular complexity index is 574. The zero-order valence-corrected chi connectivity index (χ0v) is 12.3. The second-order valence-electron chi connectivity index (χ2n) is 3.68. The summed E-state index contributed by atoms with van der Waals surface area (Å²) in [6.45, 7) is 1.96. The number of halogens is 2. The molecular weight excluding hydrogens is 316 g/mol. The minimum Gasteiger partial charge on any atom is -0.357 e. The molecule has 0 bridgehead atoms. The van der Waals surface area contributed by atoms with Crippen LogP contribution in [-0.2, 0) is 0 Å². The minimum atomic E-state index is 0.556. The third-order valence-corrected chi connectivity index (χ3v) is 3.48. The Morgan fingerprint density at radius 1 is 1.33 bits per heavy atom. The van der Waals surface area contributed by atoms with Gasteiger partial charge in [-0.05, 0) is 40.5 Å². The van der Waals surface area contributed by atoms with Crippen LogP contribution in [0.3, 0.4) is 0 Å². The number of benzene rings is 1. The van der Waals surface area contributed by atoms with Crippen molar-refractivity contribution in [1.29, 1.82) is 0 Å². The highest BCUT2D eigenvalue weighted by Gasteiger charge is 2.07. The van der Waals surface area contributed by atoms with Crippen LogP contribution in [0.1, 0.15) is 5.56 Å². The Kier molecular flexibility index (Phi) is 4.04. The molecule has 1 aromatic heterocycles. The molecule has 2 N–H and O–H groups in total. The fourth-order valence-electron chi connectivity index (χ4n) is 1.45. The monoisotopic (exact) mass is 326 g/mol. The highest BCUT2D eigenvalue weighted by Crippen LogP contribution is 2.28. The lowest BCUT2D eigenvalue weighted by Crippen LogP contribution is -2.02. The number of nitrogens with one attached hydrogen (secondary N) is 2. The van der Waals surface area contributed by atoms with Crippen LogP contribution in [0.25, 0.3) is 0 Å². The van der Waals surface area contributed by atoms with Crippen molar-refractivity contribution in [1.82, 2.24) is 9.97 Å². The first-order chi connectivity index (χ1) is 8.61. The van der Waals surface area contributed by atoms with E-state index in [9.17, 15) is 0 Å². The number of anilines is 3. The summed E-state index contributed by atoms with van der Waals surface area (Å²) < 4.78 is 0.792. The lowest BCUT2D eigenvalue weighted by atomic mass is 10.2. The van der Waals surface area contributed by atoms with Crippen LogP contribution in [-0.4, -0.2) is 17.0 Å². The van der Waals surface area contributed by atoms with Crippen molar-refractivity contribution in [2.24, 2.45) is 0 Å². The number of hydrogen-bond donors (Lipinski definition) is 2. The van der Waals surface area contributed by atoms with Crippen molar-refractivity contribution < 1.29 is 0 Å². The van der Waals surface area contributed by atoms with E-state index in [2.05, 4.69) is 36.5 Å². The molecule has 0 amide bonds. The first-order valence-corrected chi connectivity index (χ1v) is 6.51. The lowest BCUT2D eigenvalue weighted by molar-refractivity contribution is 1.14. The summed E-state index contributed by atoms with van der Waals surface area (Å²) in [6, 6.07) is 5.71. The molecule has 1 heterocycles. The van der Waals surface area contributed by atoms with Crippen LogP contribution in [0.2, 0.25) is 5.02 Å². The molecule has 0 saturated heterocycles. The van der Waals surface area contributed by atoms with Gasteiger partial charge in [0.1, 0.15) is 5.82 Å². The van der Waals surface area contributed by atoms with Crippen molar-refractivity contribution in [2.45, 2.75) is 6.92 Å². The molecule has 6 heteroatoms. The van der Waals surface area contributed by atoms with Crippen molar-refractivity contribution in [3.8, 4) is 0 Å². The van der Waals surface area contributed by atoms with Gasteiger partial charge in [0.05, 0.1) is 4.47 Å². The van der Waals surface area contributed by atoms with Crippen molar-refractivity contribution in [2.75, 3.05) is 17.7 Å². The standard InChI is InChI=1S/C12H12BrClN4/c1-7-9(14)4-3-5-10(7)17-11-8(13)6-16-12(15-2)18-11/h3-6H,1-2H3,(H2,15,16,17,18). The molecule has 2 rings (SSSR count). The summed E-state index contributed by atoms with van der Waals surface area (Å²) in [5.74, 6) is 1.25. The first-order valence-electron chi connectivity index (χ1n) is 5.34. The summed E-state index contributed by atoms with van der Waals surface area (Å²) in [5.41, 5.74) is 1.90. The SMILES string of the molecule is CNc1ncc(Br)c(Nc2cccc(Cl)c2C)n1. The summed E-state index contributed by atoms with van der Waals surface area (Å²) in [6.07, 6.45) is 1.70. The van der Waals surface area contributed by atoms with Gasteiger partial charge in [0.25, 0.3) is 0 Å². The maximum atomic E-state index is 6.08. The second-order valence-corrected chi connectivity index (χ2v) is 4.94. The molecule has 2 aromatic rings. The zero-order valence-electron chi connectivity index (χ0n) is 9.96. The van der Waals surface area contributed by atoms with Gasteiger partial charge in [0.15, 0.2) is 0 Å². The molecule has 0 unspecified atom stereocenters. The van der Waals surface area contributed by atoms with Crippen LogP contribution in [0.5, 0.6) is 0 Å². The van der Waals surface area contributed by atoms with Gasteiger partial charge in [-0.15, -0.1) is 0 Å². The molecule has 1 aromatic carbocycles. The molecule has 0 fully saturated rings. The highest BCUT2D eigenvalue weighted by molar-refractivity contribution is 9.10. The van der Waals surface area contributed by atoms with Gasteiger partial charge in [0.2, 0.25) is 5.95 Å². The Morgan fingerprint density at radius 2 is 2.11 bits per heavy atom. The summed E-state index contributed by atoms with van der Waals surface area (Å²) in [5, 5.41) is 6.85. The van der Waals surface area contributed by atoms with Gasteiger partial charge in [-0.25, -0.2) is 4.98 Å². The Hall–Kier alpha value is -1.33. The van der Waals surface area contributed by atoms with E-state index in [0.29, 0.717) is 11.8 Å². The van der Waals surface area contributed by atoms with Crippen LogP contribution < -0.4 is 10.6 Å². The van der Waals surface area contributed by atoms with Gasteiger partial charge in [-0.3, -0.25) is 0 Å². The van der Waals surface area contributed by atoms with Crippen LogP contribution in [0, 0.1) is 6.92 Å². The third kappa shape index (κ3) is 2.73. The van der Waals surface area contributed by atoms with Crippen LogP contribution >= 0.6 is 27.5 Å². The van der Waals surface area contributed by atoms with Gasteiger partial charge >= 0.3 is 0 Å².